The second-order valence-corrected chi connectivity index (χ2v) is 6.69. The highest BCUT2D eigenvalue weighted by Gasteiger charge is 2.21. The molecular formula is C18H23N3O3. The third kappa shape index (κ3) is 4.44. The molecule has 0 saturated heterocycles. The number of ether oxygens (including phenoxy) is 1. The summed E-state index contributed by atoms with van der Waals surface area (Å²) in [5.41, 5.74) is 1.91. The summed E-state index contributed by atoms with van der Waals surface area (Å²) < 4.78 is 5.15. The number of rotatable bonds is 3. The van der Waals surface area contributed by atoms with Gasteiger partial charge < -0.3 is 15.4 Å². The number of carbonyl (C=O) groups is 2. The van der Waals surface area contributed by atoms with Gasteiger partial charge in [-0.25, -0.2) is 4.79 Å². The van der Waals surface area contributed by atoms with Crippen LogP contribution >= 0.6 is 0 Å². The first-order chi connectivity index (χ1) is 11.2. The molecule has 0 saturated carbocycles. The van der Waals surface area contributed by atoms with Crippen LogP contribution in [0.1, 0.15) is 33.3 Å². The molecule has 0 aliphatic heterocycles. The number of alkyl carbamates (subject to hydrolysis) is 1. The Kier molecular flexibility index (Phi) is 5.07. The molecule has 0 aliphatic carbocycles. The number of aryl methyl sites for hydroxylation is 1. The van der Waals surface area contributed by atoms with Crippen molar-refractivity contribution in [2.45, 2.75) is 46.3 Å². The second-order valence-electron chi connectivity index (χ2n) is 6.69. The smallest absolute Gasteiger partial charge is 0.408 e. The van der Waals surface area contributed by atoms with Gasteiger partial charge in [0.15, 0.2) is 0 Å². The highest BCUT2D eigenvalue weighted by atomic mass is 16.6. The fraction of sp³-hybridized carbons (Fsp3) is 0.389. The van der Waals surface area contributed by atoms with Gasteiger partial charge in [0.05, 0.1) is 11.2 Å². The fourth-order valence-corrected chi connectivity index (χ4v) is 2.21. The summed E-state index contributed by atoms with van der Waals surface area (Å²) in [5.74, 6) is -0.324. The van der Waals surface area contributed by atoms with Gasteiger partial charge in [0.2, 0.25) is 5.91 Å². The van der Waals surface area contributed by atoms with Crippen molar-refractivity contribution < 1.29 is 14.3 Å². The van der Waals surface area contributed by atoms with Gasteiger partial charge in [0.25, 0.3) is 0 Å². The van der Waals surface area contributed by atoms with Crippen LogP contribution in [0.2, 0.25) is 0 Å². The topological polar surface area (TPSA) is 80.3 Å². The zero-order valence-electron chi connectivity index (χ0n) is 14.6. The number of nitrogens with one attached hydrogen (secondary N) is 2. The van der Waals surface area contributed by atoms with Crippen molar-refractivity contribution in [3.05, 3.63) is 36.0 Å². The summed E-state index contributed by atoms with van der Waals surface area (Å²) >= 11 is 0. The van der Waals surface area contributed by atoms with Crippen molar-refractivity contribution in [1.29, 1.82) is 0 Å². The van der Waals surface area contributed by atoms with Crippen LogP contribution in [0.4, 0.5) is 10.5 Å². The van der Waals surface area contributed by atoms with E-state index in [0.717, 1.165) is 16.5 Å². The fourth-order valence-electron chi connectivity index (χ4n) is 2.21. The molecule has 0 radical (unpaired) electrons. The number of hydrogen-bond donors (Lipinski definition) is 2. The van der Waals surface area contributed by atoms with E-state index in [1.807, 2.05) is 31.2 Å². The normalized spacial score (nSPS) is 12.5. The molecule has 2 aromatic rings. The summed E-state index contributed by atoms with van der Waals surface area (Å²) in [4.78, 5) is 28.4. The predicted octanol–water partition coefficient (Wildman–Crippen LogP) is 3.39. The number of pyridine rings is 1. The summed E-state index contributed by atoms with van der Waals surface area (Å²) in [6, 6.07) is 6.72. The number of anilines is 1. The Morgan fingerprint density at radius 3 is 2.58 bits per heavy atom. The minimum absolute atomic E-state index is 0.324. The molecule has 1 heterocycles. The lowest BCUT2D eigenvalue weighted by molar-refractivity contribution is -0.117. The third-order valence-corrected chi connectivity index (χ3v) is 3.36. The van der Waals surface area contributed by atoms with E-state index in [1.165, 1.54) is 0 Å². The molecule has 0 fully saturated rings. The SMILES string of the molecule is Cc1ccc(NC(=O)[C@H](C)NC(=O)OC(C)(C)C)c2cccnc12. The van der Waals surface area contributed by atoms with Crippen molar-refractivity contribution in [1.82, 2.24) is 10.3 Å². The lowest BCUT2D eigenvalue weighted by Gasteiger charge is -2.21. The van der Waals surface area contributed by atoms with Crippen LogP contribution in [-0.4, -0.2) is 28.6 Å². The first kappa shape index (κ1) is 17.7. The monoisotopic (exact) mass is 329 g/mol. The maximum absolute atomic E-state index is 12.3. The van der Waals surface area contributed by atoms with Gasteiger partial charge in [0, 0.05) is 11.6 Å². The summed E-state index contributed by atoms with van der Waals surface area (Å²) in [5, 5.41) is 6.21. The Bertz CT molecular complexity index is 766. The van der Waals surface area contributed by atoms with Crippen molar-refractivity contribution in [2.24, 2.45) is 0 Å². The van der Waals surface area contributed by atoms with E-state index in [1.54, 1.807) is 33.9 Å². The predicted molar refractivity (Wildman–Crippen MR) is 93.9 cm³/mol. The third-order valence-electron chi connectivity index (χ3n) is 3.36. The van der Waals surface area contributed by atoms with Gasteiger partial charge >= 0.3 is 6.09 Å². The van der Waals surface area contributed by atoms with Crippen LogP contribution in [0.3, 0.4) is 0 Å². The minimum Gasteiger partial charge on any atom is -0.444 e. The number of benzene rings is 1. The molecule has 0 aliphatic rings. The number of carbonyl (C=O) groups excluding carboxylic acids is 2. The standard InChI is InChI=1S/C18H23N3O3/c1-11-8-9-14(13-7-6-10-19-15(11)13)21-16(22)12(2)20-17(23)24-18(3,4)5/h6-10,12H,1-5H3,(H,20,23)(H,21,22)/t12-/m0/s1. The van der Waals surface area contributed by atoms with Crippen molar-refractivity contribution in [3.8, 4) is 0 Å². The Balaban J connectivity index is 2.10. The van der Waals surface area contributed by atoms with E-state index in [-0.39, 0.29) is 5.91 Å². The first-order valence-electron chi connectivity index (χ1n) is 7.82. The van der Waals surface area contributed by atoms with Crippen molar-refractivity contribution in [3.63, 3.8) is 0 Å². The Morgan fingerprint density at radius 2 is 1.92 bits per heavy atom. The molecule has 2 amide bonds. The largest absolute Gasteiger partial charge is 0.444 e. The summed E-state index contributed by atoms with van der Waals surface area (Å²) in [7, 11) is 0. The van der Waals surface area contributed by atoms with E-state index in [4.69, 9.17) is 4.74 Å². The second kappa shape index (κ2) is 6.86. The molecule has 2 rings (SSSR count). The molecule has 128 valence electrons. The average molecular weight is 329 g/mol. The van der Waals surface area contributed by atoms with Crippen molar-refractivity contribution >= 4 is 28.6 Å². The van der Waals surface area contributed by atoms with Gasteiger partial charge in [-0.2, -0.15) is 0 Å². The number of hydrogen-bond acceptors (Lipinski definition) is 4. The van der Waals surface area contributed by atoms with Crippen LogP contribution in [-0.2, 0) is 9.53 Å². The zero-order valence-corrected chi connectivity index (χ0v) is 14.6. The zero-order chi connectivity index (χ0) is 17.9. The van der Waals surface area contributed by atoms with Gasteiger partial charge in [-0.3, -0.25) is 9.78 Å². The van der Waals surface area contributed by atoms with E-state index in [0.29, 0.717) is 5.69 Å². The van der Waals surface area contributed by atoms with Crippen LogP contribution in [0.5, 0.6) is 0 Å². The van der Waals surface area contributed by atoms with E-state index >= 15 is 0 Å². The summed E-state index contributed by atoms with van der Waals surface area (Å²) in [6.45, 7) is 8.87. The Labute approximate surface area is 141 Å². The van der Waals surface area contributed by atoms with Crippen LogP contribution in [0.25, 0.3) is 10.9 Å². The molecule has 24 heavy (non-hydrogen) atoms. The lowest BCUT2D eigenvalue weighted by Crippen LogP contribution is -2.44. The molecule has 6 heteroatoms. The molecule has 1 aromatic carbocycles. The molecule has 1 aromatic heterocycles. The molecular weight excluding hydrogens is 306 g/mol. The number of fused-ring (bicyclic) bond motifs is 1. The van der Waals surface area contributed by atoms with E-state index in [2.05, 4.69) is 15.6 Å². The highest BCUT2D eigenvalue weighted by Crippen LogP contribution is 2.24. The van der Waals surface area contributed by atoms with Gasteiger partial charge in [-0.15, -0.1) is 0 Å². The molecule has 0 unspecified atom stereocenters. The van der Waals surface area contributed by atoms with Crippen LogP contribution in [0, 0.1) is 6.92 Å². The van der Waals surface area contributed by atoms with Crippen molar-refractivity contribution in [2.75, 3.05) is 5.32 Å². The van der Waals surface area contributed by atoms with Gasteiger partial charge in [-0.1, -0.05) is 6.07 Å². The average Bonchev–Trinajstić information content (AvgIpc) is 2.48. The number of amides is 2. The molecule has 1 atom stereocenters. The maximum atomic E-state index is 12.3. The minimum atomic E-state index is -0.729. The summed E-state index contributed by atoms with van der Waals surface area (Å²) in [6.07, 6.45) is 1.09. The van der Waals surface area contributed by atoms with Crippen LogP contribution < -0.4 is 10.6 Å². The Hall–Kier alpha value is -2.63. The lowest BCUT2D eigenvalue weighted by atomic mass is 10.1. The molecule has 0 spiro atoms. The van der Waals surface area contributed by atoms with E-state index < -0.39 is 17.7 Å². The number of nitrogens with zero attached hydrogens (tertiary/aromatic N) is 1. The molecule has 6 nitrogen and oxygen atoms in total. The van der Waals surface area contributed by atoms with Gasteiger partial charge in [0.1, 0.15) is 11.6 Å². The van der Waals surface area contributed by atoms with Gasteiger partial charge in [-0.05, 0) is 58.4 Å². The first-order valence-corrected chi connectivity index (χ1v) is 7.82. The molecule has 0 bridgehead atoms. The number of aromatic nitrogens is 1. The quantitative estimate of drug-likeness (QED) is 0.904. The Morgan fingerprint density at radius 1 is 1.21 bits per heavy atom. The molecule has 2 N–H and O–H groups in total. The van der Waals surface area contributed by atoms with E-state index in [9.17, 15) is 9.59 Å². The maximum Gasteiger partial charge on any atom is 0.408 e. The van der Waals surface area contributed by atoms with Crippen LogP contribution in [0.15, 0.2) is 30.5 Å². The highest BCUT2D eigenvalue weighted by molar-refractivity contribution is 6.04.